The lowest BCUT2D eigenvalue weighted by Gasteiger charge is -2.16. The second-order valence-electron chi connectivity index (χ2n) is 5.89. The Labute approximate surface area is 134 Å². The van der Waals surface area contributed by atoms with Gasteiger partial charge in [-0.2, -0.15) is 0 Å². The number of carbonyl (C=O) groups excluding carboxylic acids is 2. The largest absolute Gasteiger partial charge is 0.480 e. The Bertz CT molecular complexity index is 568. The van der Waals surface area contributed by atoms with Crippen LogP contribution >= 0.6 is 0 Å². The normalized spacial score (nSPS) is 16.2. The van der Waals surface area contributed by atoms with E-state index in [-0.39, 0.29) is 24.7 Å². The van der Waals surface area contributed by atoms with E-state index in [0.29, 0.717) is 5.92 Å². The zero-order valence-electron chi connectivity index (χ0n) is 13.0. The number of hydrogen-bond acceptors (Lipinski definition) is 4. The summed E-state index contributed by atoms with van der Waals surface area (Å²) in [4.78, 5) is 35.0. The molecule has 2 atom stereocenters. The van der Waals surface area contributed by atoms with Crippen LogP contribution < -0.4 is 5.32 Å². The van der Waals surface area contributed by atoms with Crippen molar-refractivity contribution in [1.29, 1.82) is 0 Å². The Hall–Kier alpha value is -2.37. The number of carboxylic acid groups (broad SMARTS) is 1. The molecule has 2 unspecified atom stereocenters. The molecule has 1 amide bonds. The highest BCUT2D eigenvalue weighted by atomic mass is 16.5. The number of alkyl carbamates (subject to hydrolysis) is 1. The Morgan fingerprint density at radius 1 is 1.26 bits per heavy atom. The number of rotatable bonds is 8. The first-order valence-electron chi connectivity index (χ1n) is 7.70. The second kappa shape index (κ2) is 7.76. The zero-order valence-corrected chi connectivity index (χ0v) is 13.0. The van der Waals surface area contributed by atoms with Crippen molar-refractivity contribution in [2.45, 2.75) is 38.8 Å². The average molecular weight is 319 g/mol. The number of benzene rings is 1. The van der Waals surface area contributed by atoms with Gasteiger partial charge in [0.1, 0.15) is 18.4 Å². The topological polar surface area (TPSA) is 92.7 Å². The maximum Gasteiger partial charge on any atom is 0.408 e. The van der Waals surface area contributed by atoms with Crippen molar-refractivity contribution in [3.8, 4) is 0 Å². The number of amides is 1. The molecule has 0 radical (unpaired) electrons. The third-order valence-corrected chi connectivity index (χ3v) is 4.05. The number of carboxylic acids is 1. The van der Waals surface area contributed by atoms with Gasteiger partial charge in [-0.15, -0.1) is 0 Å². The van der Waals surface area contributed by atoms with E-state index in [1.165, 1.54) is 0 Å². The fourth-order valence-electron chi connectivity index (χ4n) is 2.35. The van der Waals surface area contributed by atoms with Crippen molar-refractivity contribution < 1.29 is 24.2 Å². The van der Waals surface area contributed by atoms with E-state index < -0.39 is 18.1 Å². The molecule has 124 valence electrons. The molecule has 1 aliphatic rings. The fraction of sp³-hybridized carbons (Fsp3) is 0.471. The molecule has 2 rings (SSSR count). The van der Waals surface area contributed by atoms with Crippen LogP contribution in [-0.2, 0) is 20.9 Å². The van der Waals surface area contributed by atoms with Gasteiger partial charge in [-0.05, 0) is 24.3 Å². The van der Waals surface area contributed by atoms with E-state index >= 15 is 0 Å². The molecule has 23 heavy (non-hydrogen) atoms. The lowest BCUT2D eigenvalue weighted by Crippen LogP contribution is -2.43. The van der Waals surface area contributed by atoms with Crippen LogP contribution in [0.2, 0.25) is 0 Å². The molecule has 1 aliphatic carbocycles. The smallest absolute Gasteiger partial charge is 0.408 e. The molecular weight excluding hydrogens is 298 g/mol. The number of carbonyl (C=O) groups is 3. The summed E-state index contributed by atoms with van der Waals surface area (Å²) in [5.74, 6) is -1.16. The molecule has 0 aromatic heterocycles. The second-order valence-corrected chi connectivity index (χ2v) is 5.89. The molecular formula is C17H21NO5. The first-order chi connectivity index (χ1) is 11.0. The molecule has 0 heterocycles. The van der Waals surface area contributed by atoms with E-state index in [1.807, 2.05) is 25.1 Å². The monoisotopic (exact) mass is 319 g/mol. The van der Waals surface area contributed by atoms with Crippen molar-refractivity contribution in [3.63, 3.8) is 0 Å². The first kappa shape index (κ1) is 17.0. The Balaban J connectivity index is 1.82. The highest BCUT2D eigenvalue weighted by Gasteiger charge is 2.34. The summed E-state index contributed by atoms with van der Waals surface area (Å²) < 4.78 is 4.99. The van der Waals surface area contributed by atoms with Crippen LogP contribution in [0.3, 0.4) is 0 Å². The van der Waals surface area contributed by atoms with Crippen LogP contribution in [0.25, 0.3) is 0 Å². The van der Waals surface area contributed by atoms with Gasteiger partial charge >= 0.3 is 12.1 Å². The summed E-state index contributed by atoms with van der Waals surface area (Å²) in [5.41, 5.74) is 0.799. The minimum atomic E-state index is -1.26. The fourth-order valence-corrected chi connectivity index (χ4v) is 2.35. The van der Waals surface area contributed by atoms with E-state index in [9.17, 15) is 14.4 Å². The lowest BCUT2D eigenvalue weighted by atomic mass is 9.96. The molecule has 2 N–H and O–H groups in total. The summed E-state index contributed by atoms with van der Waals surface area (Å²) in [6, 6.07) is 7.80. The number of nitrogens with one attached hydrogen (secondary N) is 1. The minimum Gasteiger partial charge on any atom is -0.480 e. The summed E-state index contributed by atoms with van der Waals surface area (Å²) in [5, 5.41) is 11.4. The standard InChI is InChI=1S/C17H21NO5/c1-11(13-7-8-13)15(19)9-14(16(20)21)18-17(22)23-10-12-5-3-2-4-6-12/h2-6,11,13-14H,7-10H2,1H3,(H,18,22)(H,20,21). The van der Waals surface area contributed by atoms with Gasteiger partial charge in [-0.1, -0.05) is 37.3 Å². The van der Waals surface area contributed by atoms with Gasteiger partial charge in [0.25, 0.3) is 0 Å². The predicted octanol–water partition coefficient (Wildman–Crippen LogP) is 2.37. The summed E-state index contributed by atoms with van der Waals surface area (Å²) in [6.45, 7) is 1.86. The highest BCUT2D eigenvalue weighted by Crippen LogP contribution is 2.37. The molecule has 6 heteroatoms. The van der Waals surface area contributed by atoms with Crippen molar-refractivity contribution in [1.82, 2.24) is 5.32 Å². The lowest BCUT2D eigenvalue weighted by molar-refractivity contribution is -0.141. The van der Waals surface area contributed by atoms with Crippen LogP contribution in [0.1, 0.15) is 31.7 Å². The maximum absolute atomic E-state index is 12.0. The number of ketones is 1. The van der Waals surface area contributed by atoms with Gasteiger partial charge in [-0.3, -0.25) is 4.79 Å². The number of ether oxygens (including phenoxy) is 1. The third-order valence-electron chi connectivity index (χ3n) is 4.05. The number of aliphatic carboxylic acids is 1. The van der Waals surface area contributed by atoms with Gasteiger partial charge in [0, 0.05) is 12.3 Å². The third kappa shape index (κ3) is 5.39. The van der Waals surface area contributed by atoms with E-state index in [4.69, 9.17) is 9.84 Å². The van der Waals surface area contributed by atoms with Gasteiger partial charge in [0.2, 0.25) is 0 Å². The van der Waals surface area contributed by atoms with Crippen LogP contribution in [0, 0.1) is 11.8 Å². The van der Waals surface area contributed by atoms with Crippen LogP contribution in [0.5, 0.6) is 0 Å². The average Bonchev–Trinajstić information content (AvgIpc) is 3.37. The van der Waals surface area contributed by atoms with Crippen LogP contribution in [-0.4, -0.2) is 29.0 Å². The van der Waals surface area contributed by atoms with Crippen LogP contribution in [0.4, 0.5) is 4.79 Å². The molecule has 0 bridgehead atoms. The highest BCUT2D eigenvalue weighted by molar-refractivity contribution is 5.89. The quantitative estimate of drug-likeness (QED) is 0.767. The number of Topliss-reactive ketones (excluding diaryl/α,β-unsaturated/α-hetero) is 1. The summed E-state index contributed by atoms with van der Waals surface area (Å²) >= 11 is 0. The maximum atomic E-state index is 12.0. The van der Waals surface area contributed by atoms with E-state index in [0.717, 1.165) is 18.4 Å². The van der Waals surface area contributed by atoms with E-state index in [2.05, 4.69) is 5.32 Å². The van der Waals surface area contributed by atoms with Gasteiger partial charge in [-0.25, -0.2) is 9.59 Å². The number of hydrogen-bond donors (Lipinski definition) is 2. The molecule has 1 aromatic carbocycles. The van der Waals surface area contributed by atoms with Crippen molar-refractivity contribution in [2.24, 2.45) is 11.8 Å². The zero-order chi connectivity index (χ0) is 16.8. The van der Waals surface area contributed by atoms with Gasteiger partial charge in [0.15, 0.2) is 0 Å². The summed E-state index contributed by atoms with van der Waals surface area (Å²) in [7, 11) is 0. The Morgan fingerprint density at radius 2 is 1.91 bits per heavy atom. The molecule has 0 saturated heterocycles. The molecule has 6 nitrogen and oxygen atoms in total. The SMILES string of the molecule is CC(C(=O)CC(NC(=O)OCc1ccccc1)C(=O)O)C1CC1. The predicted molar refractivity (Wildman–Crippen MR) is 82.7 cm³/mol. The molecule has 0 spiro atoms. The van der Waals surface area contributed by atoms with Crippen molar-refractivity contribution in [3.05, 3.63) is 35.9 Å². The molecule has 1 saturated carbocycles. The van der Waals surface area contributed by atoms with Gasteiger partial charge < -0.3 is 15.2 Å². The molecule has 1 fully saturated rings. The van der Waals surface area contributed by atoms with Crippen molar-refractivity contribution >= 4 is 17.8 Å². The van der Waals surface area contributed by atoms with Gasteiger partial charge in [0.05, 0.1) is 0 Å². The molecule has 0 aliphatic heterocycles. The minimum absolute atomic E-state index is 0.0471. The summed E-state index contributed by atoms with van der Waals surface area (Å²) in [6.07, 6.45) is 0.968. The molecule has 1 aromatic rings. The van der Waals surface area contributed by atoms with E-state index in [1.54, 1.807) is 12.1 Å². The van der Waals surface area contributed by atoms with Crippen molar-refractivity contribution in [2.75, 3.05) is 0 Å². The van der Waals surface area contributed by atoms with Crippen LogP contribution in [0.15, 0.2) is 30.3 Å². The Kier molecular flexibility index (Phi) is 5.73. The first-order valence-corrected chi connectivity index (χ1v) is 7.70. The Morgan fingerprint density at radius 3 is 2.48 bits per heavy atom.